The molecule has 2 heterocycles. The normalized spacial score (nSPS) is 37.9. The summed E-state index contributed by atoms with van der Waals surface area (Å²) in [4.78, 5) is 22.6. The molecule has 4 N–H and O–H groups in total. The zero-order valence-corrected chi connectivity index (χ0v) is 9.68. The summed E-state index contributed by atoms with van der Waals surface area (Å²) in [6.45, 7) is -0.271. The molecule has 6 nitrogen and oxygen atoms in total. The third-order valence-electron chi connectivity index (χ3n) is 2.88. The molecular weight excluding hydrogens is 246 g/mol. The Labute approximate surface area is 102 Å². The minimum Gasteiger partial charge on any atom is -0.395 e. The van der Waals surface area contributed by atoms with Gasteiger partial charge in [0, 0.05) is 11.8 Å². The number of hydrogen-bond acceptors (Lipinski definition) is 6. The molecule has 0 aromatic rings. The minimum atomic E-state index is -1.11. The summed E-state index contributed by atoms with van der Waals surface area (Å²) in [6, 6.07) is 0. The predicted molar refractivity (Wildman–Crippen MR) is 60.1 cm³/mol. The summed E-state index contributed by atoms with van der Waals surface area (Å²) >= 11 is 1.15. The second-order valence-corrected chi connectivity index (χ2v) is 5.41. The molecule has 1 amide bonds. The fraction of sp³-hybridized carbons (Fsp3) is 0.600. The van der Waals surface area contributed by atoms with E-state index in [9.17, 15) is 19.8 Å². The molecule has 2 rings (SSSR count). The Kier molecular flexibility index (Phi) is 3.53. The fourth-order valence-corrected chi connectivity index (χ4v) is 3.39. The topological polar surface area (TPSA) is 107 Å². The Morgan fingerprint density at radius 3 is 2.59 bits per heavy atom. The van der Waals surface area contributed by atoms with Crippen LogP contribution in [0.5, 0.6) is 0 Å². The molecule has 2 aliphatic rings. The van der Waals surface area contributed by atoms with Crippen LogP contribution in [-0.4, -0.2) is 56.3 Å². The Bertz CT molecular complexity index is 383. The van der Waals surface area contributed by atoms with Crippen molar-refractivity contribution < 1.29 is 24.9 Å². The number of nitrogens with one attached hydrogen (secondary N) is 1. The van der Waals surface area contributed by atoms with Gasteiger partial charge in [-0.2, -0.15) is 0 Å². The quantitative estimate of drug-likeness (QED) is 0.434. The van der Waals surface area contributed by atoms with Gasteiger partial charge in [0.2, 0.25) is 5.91 Å². The Balaban J connectivity index is 2.18. The molecule has 0 aromatic heterocycles. The molecule has 0 saturated carbocycles. The lowest BCUT2D eigenvalue weighted by atomic mass is 9.97. The molecule has 0 spiro atoms. The highest BCUT2D eigenvalue weighted by molar-refractivity contribution is 8.01. The van der Waals surface area contributed by atoms with Crippen LogP contribution in [0.2, 0.25) is 0 Å². The summed E-state index contributed by atoms with van der Waals surface area (Å²) in [6.07, 6.45) is -1.14. The molecule has 4 atom stereocenters. The standard InChI is InChI=1S/C10H13NO5S/c12-3-6-8(15)9(16)10(17-6)4-2-11-7(14)1-5(4)13/h2,6,8-10,12,15-16H,1,3H2,(H,11,14)/t6-,8-,9-,10?/m1/s1. The van der Waals surface area contributed by atoms with Gasteiger partial charge in [0.25, 0.3) is 0 Å². The summed E-state index contributed by atoms with van der Waals surface area (Å²) in [5.41, 5.74) is 0.289. The zero-order chi connectivity index (χ0) is 12.6. The summed E-state index contributed by atoms with van der Waals surface area (Å²) < 4.78 is 0. The highest BCUT2D eigenvalue weighted by Gasteiger charge is 2.45. The molecule has 2 aliphatic heterocycles. The van der Waals surface area contributed by atoms with E-state index >= 15 is 0 Å². The van der Waals surface area contributed by atoms with Crippen LogP contribution < -0.4 is 5.32 Å². The number of amides is 1. The predicted octanol–water partition coefficient (Wildman–Crippen LogP) is -1.84. The number of aliphatic hydroxyl groups excluding tert-OH is 3. The first-order valence-corrected chi connectivity index (χ1v) is 6.14. The smallest absolute Gasteiger partial charge is 0.231 e. The molecule has 1 unspecified atom stereocenters. The van der Waals surface area contributed by atoms with Gasteiger partial charge < -0.3 is 20.6 Å². The summed E-state index contributed by atoms with van der Waals surface area (Å²) in [7, 11) is 0. The van der Waals surface area contributed by atoms with Crippen molar-refractivity contribution in [1.29, 1.82) is 0 Å². The SMILES string of the molecule is O=C1CC(=O)C(C2S[C@H](CO)[C@@H](O)[C@H]2O)=CN1. The lowest BCUT2D eigenvalue weighted by Crippen LogP contribution is -2.38. The van der Waals surface area contributed by atoms with Crippen molar-refractivity contribution in [3.63, 3.8) is 0 Å². The number of rotatable bonds is 2. The molecule has 0 radical (unpaired) electrons. The van der Waals surface area contributed by atoms with Gasteiger partial charge in [-0.1, -0.05) is 0 Å². The van der Waals surface area contributed by atoms with E-state index < -0.39 is 22.7 Å². The van der Waals surface area contributed by atoms with E-state index in [4.69, 9.17) is 5.11 Å². The molecular formula is C10H13NO5S. The third kappa shape index (κ3) is 2.23. The molecule has 0 aromatic carbocycles. The highest BCUT2D eigenvalue weighted by atomic mass is 32.2. The number of carbonyl (C=O) groups is 2. The number of carbonyl (C=O) groups excluding carboxylic acids is 2. The molecule has 0 aliphatic carbocycles. The Hall–Kier alpha value is -0.890. The van der Waals surface area contributed by atoms with E-state index in [-0.39, 0.29) is 30.3 Å². The van der Waals surface area contributed by atoms with E-state index in [1.165, 1.54) is 6.20 Å². The van der Waals surface area contributed by atoms with Crippen LogP contribution >= 0.6 is 11.8 Å². The average molecular weight is 259 g/mol. The van der Waals surface area contributed by atoms with Crippen LogP contribution in [0, 0.1) is 0 Å². The highest BCUT2D eigenvalue weighted by Crippen LogP contribution is 2.39. The van der Waals surface area contributed by atoms with Gasteiger partial charge in [-0.25, -0.2) is 0 Å². The van der Waals surface area contributed by atoms with Crippen LogP contribution in [0.1, 0.15) is 6.42 Å². The number of aliphatic hydroxyl groups is 3. The molecule has 94 valence electrons. The van der Waals surface area contributed by atoms with Crippen LogP contribution in [-0.2, 0) is 9.59 Å². The monoisotopic (exact) mass is 259 g/mol. The van der Waals surface area contributed by atoms with Crippen LogP contribution in [0.4, 0.5) is 0 Å². The lowest BCUT2D eigenvalue weighted by Gasteiger charge is -2.20. The Morgan fingerprint density at radius 2 is 2.06 bits per heavy atom. The fourth-order valence-electron chi connectivity index (χ4n) is 1.94. The second kappa shape index (κ2) is 4.77. The first kappa shape index (κ1) is 12.6. The maximum atomic E-state index is 11.6. The van der Waals surface area contributed by atoms with E-state index in [0.29, 0.717) is 0 Å². The van der Waals surface area contributed by atoms with E-state index in [2.05, 4.69) is 5.32 Å². The second-order valence-electron chi connectivity index (χ2n) is 4.03. The average Bonchev–Trinajstić information content (AvgIpc) is 2.57. The number of thioether (sulfide) groups is 1. The molecule has 1 saturated heterocycles. The van der Waals surface area contributed by atoms with Crippen molar-refractivity contribution in [3.8, 4) is 0 Å². The van der Waals surface area contributed by atoms with Crippen molar-refractivity contribution in [2.75, 3.05) is 6.61 Å². The van der Waals surface area contributed by atoms with Crippen molar-refractivity contribution in [3.05, 3.63) is 11.8 Å². The third-order valence-corrected chi connectivity index (χ3v) is 4.48. The molecule has 17 heavy (non-hydrogen) atoms. The zero-order valence-electron chi connectivity index (χ0n) is 8.87. The van der Waals surface area contributed by atoms with Gasteiger partial charge in [-0.05, 0) is 0 Å². The molecule has 7 heteroatoms. The van der Waals surface area contributed by atoms with Gasteiger partial charge in [0.15, 0.2) is 5.78 Å². The van der Waals surface area contributed by atoms with Crippen molar-refractivity contribution in [2.45, 2.75) is 29.1 Å². The van der Waals surface area contributed by atoms with E-state index in [1.54, 1.807) is 0 Å². The largest absolute Gasteiger partial charge is 0.395 e. The lowest BCUT2D eigenvalue weighted by molar-refractivity contribution is -0.127. The maximum absolute atomic E-state index is 11.6. The number of Topliss-reactive ketones (excluding diaryl/α,β-unsaturated/α-hetero) is 1. The number of hydrogen-bond donors (Lipinski definition) is 4. The number of ketones is 1. The van der Waals surface area contributed by atoms with Gasteiger partial charge in [-0.3, -0.25) is 9.59 Å². The molecule has 0 bridgehead atoms. The van der Waals surface area contributed by atoms with Gasteiger partial charge in [0.05, 0.1) is 35.7 Å². The van der Waals surface area contributed by atoms with Crippen molar-refractivity contribution in [1.82, 2.24) is 5.32 Å². The van der Waals surface area contributed by atoms with Gasteiger partial charge in [0.1, 0.15) is 0 Å². The van der Waals surface area contributed by atoms with Crippen molar-refractivity contribution in [2.24, 2.45) is 0 Å². The minimum absolute atomic E-state index is 0.241. The van der Waals surface area contributed by atoms with Crippen LogP contribution in [0.15, 0.2) is 11.8 Å². The van der Waals surface area contributed by atoms with Crippen LogP contribution in [0.3, 0.4) is 0 Å². The van der Waals surface area contributed by atoms with Crippen LogP contribution in [0.25, 0.3) is 0 Å². The first-order chi connectivity index (χ1) is 8.04. The van der Waals surface area contributed by atoms with Gasteiger partial charge >= 0.3 is 0 Å². The first-order valence-electron chi connectivity index (χ1n) is 5.19. The van der Waals surface area contributed by atoms with E-state index in [0.717, 1.165) is 11.8 Å². The van der Waals surface area contributed by atoms with E-state index in [1.807, 2.05) is 0 Å². The maximum Gasteiger partial charge on any atom is 0.231 e. The molecule has 1 fully saturated rings. The summed E-state index contributed by atoms with van der Waals surface area (Å²) in [5.74, 6) is -0.730. The van der Waals surface area contributed by atoms with Crippen molar-refractivity contribution >= 4 is 23.5 Å². The van der Waals surface area contributed by atoms with Gasteiger partial charge in [-0.15, -0.1) is 11.8 Å². The summed E-state index contributed by atoms with van der Waals surface area (Å²) in [5, 5.41) is 29.8. The Morgan fingerprint density at radius 1 is 1.35 bits per heavy atom.